The summed E-state index contributed by atoms with van der Waals surface area (Å²) in [6, 6.07) is 4.77. The molecule has 1 saturated heterocycles. The van der Waals surface area contributed by atoms with Crippen molar-refractivity contribution in [2.45, 2.75) is 19.4 Å². The van der Waals surface area contributed by atoms with Gasteiger partial charge in [0.1, 0.15) is 5.75 Å². The SMILES string of the molecule is CCCN(C(=O)c1cc(Cl)ccc1O)C1CNC1. The number of nitrogens with zero attached hydrogens (tertiary/aromatic N) is 1. The third kappa shape index (κ3) is 2.60. The fourth-order valence-electron chi connectivity index (χ4n) is 2.02. The topological polar surface area (TPSA) is 52.6 Å². The number of hydrogen-bond acceptors (Lipinski definition) is 3. The molecule has 5 heteroatoms. The number of aromatic hydroxyl groups is 1. The third-order valence-corrected chi connectivity index (χ3v) is 3.35. The monoisotopic (exact) mass is 268 g/mol. The van der Waals surface area contributed by atoms with Crippen LogP contribution < -0.4 is 5.32 Å². The van der Waals surface area contributed by atoms with E-state index in [4.69, 9.17) is 11.6 Å². The normalized spacial score (nSPS) is 15.2. The first-order valence-electron chi connectivity index (χ1n) is 6.13. The van der Waals surface area contributed by atoms with Gasteiger partial charge in [0, 0.05) is 24.7 Å². The quantitative estimate of drug-likeness (QED) is 0.877. The summed E-state index contributed by atoms with van der Waals surface area (Å²) in [5.74, 6) is -0.166. The van der Waals surface area contributed by atoms with Gasteiger partial charge in [-0.15, -0.1) is 0 Å². The zero-order chi connectivity index (χ0) is 13.1. The zero-order valence-corrected chi connectivity index (χ0v) is 11.1. The van der Waals surface area contributed by atoms with Crippen molar-refractivity contribution in [2.75, 3.05) is 19.6 Å². The summed E-state index contributed by atoms with van der Waals surface area (Å²) in [6.07, 6.45) is 0.892. The third-order valence-electron chi connectivity index (χ3n) is 3.12. The van der Waals surface area contributed by atoms with Gasteiger partial charge in [0.2, 0.25) is 0 Å². The van der Waals surface area contributed by atoms with Gasteiger partial charge in [-0.25, -0.2) is 0 Å². The van der Waals surface area contributed by atoms with E-state index in [1.54, 1.807) is 6.07 Å². The Bertz CT molecular complexity index is 447. The Kier molecular flexibility index (Phi) is 4.09. The van der Waals surface area contributed by atoms with Gasteiger partial charge in [-0.3, -0.25) is 4.79 Å². The second-order valence-corrected chi connectivity index (χ2v) is 4.91. The highest BCUT2D eigenvalue weighted by atomic mass is 35.5. The summed E-state index contributed by atoms with van der Waals surface area (Å²) < 4.78 is 0. The number of halogens is 1. The van der Waals surface area contributed by atoms with Gasteiger partial charge < -0.3 is 15.3 Å². The molecule has 4 nitrogen and oxygen atoms in total. The molecule has 1 amide bonds. The van der Waals surface area contributed by atoms with Crippen LogP contribution in [0, 0.1) is 0 Å². The molecule has 0 aromatic heterocycles. The molecule has 98 valence electrons. The number of nitrogens with one attached hydrogen (secondary N) is 1. The Morgan fingerprint density at radius 3 is 2.83 bits per heavy atom. The van der Waals surface area contributed by atoms with E-state index < -0.39 is 0 Å². The maximum absolute atomic E-state index is 12.4. The first-order valence-corrected chi connectivity index (χ1v) is 6.51. The second kappa shape index (κ2) is 5.59. The van der Waals surface area contributed by atoms with Crippen molar-refractivity contribution >= 4 is 17.5 Å². The lowest BCUT2D eigenvalue weighted by Gasteiger charge is -2.38. The standard InChI is InChI=1S/C13H17ClN2O2/c1-2-5-16(10-7-15-8-10)13(18)11-6-9(14)3-4-12(11)17/h3-4,6,10,15,17H,2,5,7-8H2,1H3. The fraction of sp³-hybridized carbons (Fsp3) is 0.462. The Hall–Kier alpha value is -1.26. The van der Waals surface area contributed by atoms with E-state index in [2.05, 4.69) is 5.32 Å². The van der Waals surface area contributed by atoms with E-state index in [-0.39, 0.29) is 23.3 Å². The molecule has 0 atom stereocenters. The van der Waals surface area contributed by atoms with Gasteiger partial charge in [0.25, 0.3) is 5.91 Å². The summed E-state index contributed by atoms with van der Waals surface area (Å²) in [5.41, 5.74) is 0.280. The highest BCUT2D eigenvalue weighted by molar-refractivity contribution is 6.31. The molecular weight excluding hydrogens is 252 g/mol. The van der Waals surface area contributed by atoms with Crippen LogP contribution in [0.2, 0.25) is 5.02 Å². The fourth-order valence-corrected chi connectivity index (χ4v) is 2.19. The molecule has 1 fully saturated rings. The molecule has 0 aliphatic carbocycles. The summed E-state index contributed by atoms with van der Waals surface area (Å²) in [6.45, 7) is 4.35. The van der Waals surface area contributed by atoms with Crippen molar-refractivity contribution in [3.8, 4) is 5.75 Å². The average Bonchev–Trinajstić information content (AvgIpc) is 2.28. The second-order valence-electron chi connectivity index (χ2n) is 4.47. The van der Waals surface area contributed by atoms with Crippen LogP contribution in [0.1, 0.15) is 23.7 Å². The molecule has 2 rings (SSSR count). The minimum atomic E-state index is -0.150. The Morgan fingerprint density at radius 1 is 1.56 bits per heavy atom. The van der Waals surface area contributed by atoms with Crippen LogP contribution in [0.5, 0.6) is 5.75 Å². The number of phenols is 1. The summed E-state index contributed by atoms with van der Waals surface area (Å²) in [5, 5.41) is 13.4. The van der Waals surface area contributed by atoms with Crippen LogP contribution in [0.3, 0.4) is 0 Å². The van der Waals surface area contributed by atoms with Crippen LogP contribution in [-0.4, -0.2) is 41.6 Å². The number of carbonyl (C=O) groups excluding carboxylic acids is 1. The predicted molar refractivity (Wildman–Crippen MR) is 71.1 cm³/mol. The van der Waals surface area contributed by atoms with Crippen molar-refractivity contribution in [1.29, 1.82) is 0 Å². The van der Waals surface area contributed by atoms with E-state index >= 15 is 0 Å². The Labute approximate surface area is 112 Å². The van der Waals surface area contributed by atoms with Gasteiger partial charge in [-0.05, 0) is 24.6 Å². The Morgan fingerprint density at radius 2 is 2.28 bits per heavy atom. The van der Waals surface area contributed by atoms with E-state index in [9.17, 15) is 9.90 Å². The van der Waals surface area contributed by atoms with E-state index in [1.807, 2.05) is 11.8 Å². The highest BCUT2D eigenvalue weighted by Gasteiger charge is 2.29. The van der Waals surface area contributed by atoms with Gasteiger partial charge in [-0.1, -0.05) is 18.5 Å². The van der Waals surface area contributed by atoms with Crippen LogP contribution in [0.4, 0.5) is 0 Å². The smallest absolute Gasteiger partial charge is 0.258 e. The number of hydrogen-bond donors (Lipinski definition) is 2. The summed E-state index contributed by atoms with van der Waals surface area (Å²) >= 11 is 5.88. The van der Waals surface area contributed by atoms with Crippen molar-refractivity contribution < 1.29 is 9.90 Å². The number of benzene rings is 1. The van der Waals surface area contributed by atoms with Crippen LogP contribution in [0.15, 0.2) is 18.2 Å². The molecule has 0 unspecified atom stereocenters. The number of phenolic OH excluding ortho intramolecular Hbond substituents is 1. The largest absolute Gasteiger partial charge is 0.507 e. The van der Waals surface area contributed by atoms with Crippen molar-refractivity contribution in [1.82, 2.24) is 10.2 Å². The molecule has 1 aromatic rings. The van der Waals surface area contributed by atoms with Crippen molar-refractivity contribution in [3.63, 3.8) is 0 Å². The van der Waals surface area contributed by atoms with Crippen LogP contribution in [0.25, 0.3) is 0 Å². The number of rotatable bonds is 4. The van der Waals surface area contributed by atoms with E-state index in [0.29, 0.717) is 11.6 Å². The molecule has 1 heterocycles. The van der Waals surface area contributed by atoms with Gasteiger partial charge in [0.15, 0.2) is 0 Å². The Balaban J connectivity index is 2.23. The lowest BCUT2D eigenvalue weighted by Crippen LogP contribution is -2.59. The molecular formula is C13H17ClN2O2. The minimum Gasteiger partial charge on any atom is -0.507 e. The van der Waals surface area contributed by atoms with Crippen LogP contribution in [-0.2, 0) is 0 Å². The van der Waals surface area contributed by atoms with E-state index in [0.717, 1.165) is 19.5 Å². The van der Waals surface area contributed by atoms with Crippen LogP contribution >= 0.6 is 11.6 Å². The molecule has 0 spiro atoms. The van der Waals surface area contributed by atoms with Gasteiger partial charge >= 0.3 is 0 Å². The number of carbonyl (C=O) groups is 1. The molecule has 18 heavy (non-hydrogen) atoms. The molecule has 2 N–H and O–H groups in total. The summed E-state index contributed by atoms with van der Waals surface area (Å²) in [7, 11) is 0. The first kappa shape index (κ1) is 13.2. The zero-order valence-electron chi connectivity index (χ0n) is 10.3. The van der Waals surface area contributed by atoms with Gasteiger partial charge in [-0.2, -0.15) is 0 Å². The maximum Gasteiger partial charge on any atom is 0.258 e. The van der Waals surface area contributed by atoms with Crippen molar-refractivity contribution in [2.24, 2.45) is 0 Å². The molecule has 1 aliphatic heterocycles. The predicted octanol–water partition coefficient (Wildman–Crippen LogP) is 1.87. The summed E-state index contributed by atoms with van der Waals surface area (Å²) in [4.78, 5) is 14.2. The highest BCUT2D eigenvalue weighted by Crippen LogP contribution is 2.24. The lowest BCUT2D eigenvalue weighted by atomic mass is 10.1. The molecule has 0 bridgehead atoms. The average molecular weight is 269 g/mol. The first-order chi connectivity index (χ1) is 8.63. The van der Waals surface area contributed by atoms with Crippen molar-refractivity contribution in [3.05, 3.63) is 28.8 Å². The molecule has 0 radical (unpaired) electrons. The number of amides is 1. The molecule has 1 aliphatic rings. The van der Waals surface area contributed by atoms with Gasteiger partial charge in [0.05, 0.1) is 11.6 Å². The maximum atomic E-state index is 12.4. The molecule has 0 saturated carbocycles. The minimum absolute atomic E-state index is 0.0159. The lowest BCUT2D eigenvalue weighted by molar-refractivity contribution is 0.0613. The molecule has 1 aromatic carbocycles. The van der Waals surface area contributed by atoms with E-state index in [1.165, 1.54) is 12.1 Å².